The maximum atomic E-state index is 12.2. The lowest BCUT2D eigenvalue weighted by atomic mass is 9.84. The third-order valence-corrected chi connectivity index (χ3v) is 4.26. The van der Waals surface area contributed by atoms with Gasteiger partial charge in [0.25, 0.3) is 0 Å². The number of para-hydroxylation sites is 1. The largest absolute Gasteiger partial charge is 0.457 e. The van der Waals surface area contributed by atoms with Crippen LogP contribution in [0.1, 0.15) is 23.0 Å². The van der Waals surface area contributed by atoms with Crippen LogP contribution in [0.5, 0.6) is 11.5 Å². The van der Waals surface area contributed by atoms with Gasteiger partial charge < -0.3 is 10.1 Å². The Kier molecular flexibility index (Phi) is 2.51. The summed E-state index contributed by atoms with van der Waals surface area (Å²) in [6.07, 6.45) is 0. The van der Waals surface area contributed by atoms with Crippen molar-refractivity contribution in [3.63, 3.8) is 0 Å². The monoisotopic (exact) mass is 285 g/mol. The van der Waals surface area contributed by atoms with Crippen LogP contribution in [0.3, 0.4) is 0 Å². The van der Waals surface area contributed by atoms with Crippen molar-refractivity contribution >= 4 is 17.5 Å². The molecule has 0 radical (unpaired) electrons. The van der Waals surface area contributed by atoms with Crippen molar-refractivity contribution in [3.05, 3.63) is 58.6 Å². The average molecular weight is 286 g/mol. The minimum atomic E-state index is -0.229. The van der Waals surface area contributed by atoms with Crippen LogP contribution in [0.25, 0.3) is 0 Å². The van der Waals surface area contributed by atoms with Gasteiger partial charge in [0.05, 0.1) is 5.92 Å². The molecule has 2 atom stereocenters. The fourth-order valence-corrected chi connectivity index (χ4v) is 3.30. The number of benzene rings is 2. The van der Waals surface area contributed by atoms with E-state index in [0.717, 1.165) is 16.9 Å². The zero-order chi connectivity index (χ0) is 13.7. The molecular formula is C16H12ClNO2. The summed E-state index contributed by atoms with van der Waals surface area (Å²) in [5.41, 5.74) is 1.94. The third kappa shape index (κ3) is 1.63. The van der Waals surface area contributed by atoms with E-state index in [1.807, 2.05) is 36.4 Å². The Morgan fingerprint density at radius 1 is 1.10 bits per heavy atom. The number of hydrogen-bond donors (Lipinski definition) is 1. The summed E-state index contributed by atoms with van der Waals surface area (Å²) >= 11 is 6.09. The Hall–Kier alpha value is -2.00. The number of nitrogens with one attached hydrogen (secondary N) is 1. The van der Waals surface area contributed by atoms with Crippen LogP contribution < -0.4 is 10.1 Å². The molecule has 2 aliphatic heterocycles. The van der Waals surface area contributed by atoms with Crippen molar-refractivity contribution in [1.29, 1.82) is 0 Å². The molecule has 3 nitrogen and oxygen atoms in total. The van der Waals surface area contributed by atoms with E-state index in [1.54, 1.807) is 6.07 Å². The van der Waals surface area contributed by atoms with Crippen molar-refractivity contribution in [3.8, 4) is 11.5 Å². The number of hydrogen-bond acceptors (Lipinski definition) is 2. The molecular weight excluding hydrogens is 274 g/mol. The molecule has 4 heteroatoms. The molecule has 1 fully saturated rings. The Morgan fingerprint density at radius 3 is 2.80 bits per heavy atom. The molecule has 1 N–H and O–H groups in total. The smallest absolute Gasteiger partial charge is 0.228 e. The summed E-state index contributed by atoms with van der Waals surface area (Å²) < 4.78 is 6.00. The van der Waals surface area contributed by atoms with Gasteiger partial charge in [0.1, 0.15) is 11.5 Å². The highest BCUT2D eigenvalue weighted by atomic mass is 35.5. The van der Waals surface area contributed by atoms with E-state index >= 15 is 0 Å². The van der Waals surface area contributed by atoms with Gasteiger partial charge in [-0.25, -0.2) is 0 Å². The number of amides is 1. The summed E-state index contributed by atoms with van der Waals surface area (Å²) in [4.78, 5) is 12.2. The summed E-state index contributed by atoms with van der Waals surface area (Å²) in [6, 6.07) is 13.4. The van der Waals surface area contributed by atoms with Crippen LogP contribution in [0.15, 0.2) is 42.5 Å². The van der Waals surface area contributed by atoms with Gasteiger partial charge in [-0.05, 0) is 24.3 Å². The van der Waals surface area contributed by atoms with Crippen LogP contribution in [-0.2, 0) is 4.79 Å². The fraction of sp³-hybridized carbons (Fsp3) is 0.188. The van der Waals surface area contributed by atoms with Crippen molar-refractivity contribution < 1.29 is 9.53 Å². The number of halogens is 1. The number of carbonyl (C=O) groups excluding carboxylic acids is 1. The van der Waals surface area contributed by atoms with E-state index in [9.17, 15) is 4.79 Å². The summed E-state index contributed by atoms with van der Waals surface area (Å²) in [7, 11) is 0. The number of rotatable bonds is 0. The van der Waals surface area contributed by atoms with Crippen molar-refractivity contribution in [1.82, 2.24) is 5.32 Å². The molecule has 4 rings (SSSR count). The van der Waals surface area contributed by atoms with Crippen LogP contribution >= 0.6 is 11.6 Å². The van der Waals surface area contributed by atoms with Crippen LogP contribution in [0, 0.1) is 0 Å². The van der Waals surface area contributed by atoms with E-state index in [0.29, 0.717) is 17.3 Å². The van der Waals surface area contributed by atoms with Gasteiger partial charge in [0.2, 0.25) is 5.91 Å². The van der Waals surface area contributed by atoms with E-state index < -0.39 is 0 Å². The Labute approximate surface area is 121 Å². The van der Waals surface area contributed by atoms with Gasteiger partial charge in [-0.1, -0.05) is 29.8 Å². The third-order valence-electron chi connectivity index (χ3n) is 4.03. The van der Waals surface area contributed by atoms with Gasteiger partial charge >= 0.3 is 0 Å². The fourth-order valence-electron chi connectivity index (χ4n) is 3.12. The maximum absolute atomic E-state index is 12.2. The average Bonchev–Trinajstić information content (AvgIpc) is 2.76. The first-order valence-corrected chi connectivity index (χ1v) is 6.96. The number of fused-ring (bicyclic) bond motifs is 5. The SMILES string of the molecule is O=C1NC[C@@H]2c3ccccc3Oc3ccc(Cl)cc3C12. The lowest BCUT2D eigenvalue weighted by Gasteiger charge is -2.15. The Morgan fingerprint density at radius 2 is 1.90 bits per heavy atom. The second-order valence-corrected chi connectivity index (χ2v) is 5.59. The summed E-state index contributed by atoms with van der Waals surface area (Å²) in [5, 5.41) is 3.57. The predicted molar refractivity (Wildman–Crippen MR) is 76.5 cm³/mol. The quantitative estimate of drug-likeness (QED) is 0.805. The summed E-state index contributed by atoms with van der Waals surface area (Å²) in [6.45, 7) is 0.635. The first-order valence-electron chi connectivity index (χ1n) is 6.58. The van der Waals surface area contributed by atoms with Gasteiger partial charge in [-0.3, -0.25) is 4.79 Å². The second kappa shape index (κ2) is 4.25. The van der Waals surface area contributed by atoms with Crippen LogP contribution in [-0.4, -0.2) is 12.5 Å². The maximum Gasteiger partial charge on any atom is 0.228 e. The standard InChI is InChI=1S/C16H12ClNO2/c17-9-5-6-14-11(7-9)15-12(8-18-16(15)19)10-3-1-2-4-13(10)20-14/h1-7,12,15H,8H2,(H,18,19)/t12-,15?/m1/s1. The molecule has 20 heavy (non-hydrogen) atoms. The highest BCUT2D eigenvalue weighted by Gasteiger charge is 2.41. The molecule has 2 aromatic carbocycles. The van der Waals surface area contributed by atoms with Gasteiger partial charge in [-0.2, -0.15) is 0 Å². The van der Waals surface area contributed by atoms with Crippen molar-refractivity contribution in [2.75, 3.05) is 6.54 Å². The van der Waals surface area contributed by atoms with Gasteiger partial charge in [0.15, 0.2) is 0 Å². The molecule has 0 aliphatic carbocycles. The summed E-state index contributed by atoms with van der Waals surface area (Å²) in [5.74, 6) is 1.44. The van der Waals surface area contributed by atoms with Crippen LogP contribution in [0.2, 0.25) is 5.02 Å². The lowest BCUT2D eigenvalue weighted by molar-refractivity contribution is -0.120. The highest BCUT2D eigenvalue weighted by Crippen LogP contribution is 2.48. The predicted octanol–water partition coefficient (Wildman–Crippen LogP) is 3.44. The topological polar surface area (TPSA) is 38.3 Å². The minimum absolute atomic E-state index is 0.0406. The zero-order valence-electron chi connectivity index (χ0n) is 10.6. The minimum Gasteiger partial charge on any atom is -0.457 e. The van der Waals surface area contributed by atoms with Gasteiger partial charge in [-0.15, -0.1) is 0 Å². The number of ether oxygens (including phenoxy) is 1. The number of carbonyl (C=O) groups is 1. The molecule has 0 bridgehead atoms. The first kappa shape index (κ1) is 11.8. The van der Waals surface area contributed by atoms with E-state index in [4.69, 9.17) is 16.3 Å². The molecule has 0 aromatic heterocycles. The molecule has 2 heterocycles. The van der Waals surface area contributed by atoms with Crippen LogP contribution in [0.4, 0.5) is 0 Å². The second-order valence-electron chi connectivity index (χ2n) is 5.15. The highest BCUT2D eigenvalue weighted by molar-refractivity contribution is 6.30. The molecule has 100 valence electrons. The Bertz CT molecular complexity index is 713. The van der Waals surface area contributed by atoms with Crippen molar-refractivity contribution in [2.45, 2.75) is 11.8 Å². The molecule has 2 aliphatic rings. The molecule has 1 saturated heterocycles. The van der Waals surface area contributed by atoms with E-state index in [1.165, 1.54) is 0 Å². The molecule has 1 unspecified atom stereocenters. The first-order chi connectivity index (χ1) is 9.74. The zero-order valence-corrected chi connectivity index (χ0v) is 11.4. The van der Waals surface area contributed by atoms with Gasteiger partial charge in [0, 0.05) is 28.6 Å². The molecule has 0 spiro atoms. The van der Waals surface area contributed by atoms with Crippen molar-refractivity contribution in [2.24, 2.45) is 0 Å². The van der Waals surface area contributed by atoms with E-state index in [-0.39, 0.29) is 17.7 Å². The molecule has 1 amide bonds. The lowest BCUT2D eigenvalue weighted by Crippen LogP contribution is -2.18. The normalized spacial score (nSPS) is 22.9. The molecule has 2 aromatic rings. The Balaban J connectivity index is 1.98. The molecule has 0 saturated carbocycles. The van der Waals surface area contributed by atoms with E-state index in [2.05, 4.69) is 5.32 Å².